The summed E-state index contributed by atoms with van der Waals surface area (Å²) in [6.45, 7) is 4.57. The summed E-state index contributed by atoms with van der Waals surface area (Å²) < 4.78 is 0. The van der Waals surface area contributed by atoms with Crippen LogP contribution in [0.3, 0.4) is 0 Å². The van der Waals surface area contributed by atoms with Crippen LogP contribution in [0.4, 0.5) is 0 Å². The lowest BCUT2D eigenvalue weighted by molar-refractivity contribution is -0.121. The van der Waals surface area contributed by atoms with E-state index < -0.39 is 0 Å². The molecule has 1 amide bonds. The fraction of sp³-hybridized carbons (Fsp3) is 0.500. The Balaban J connectivity index is 2.35. The van der Waals surface area contributed by atoms with E-state index in [0.29, 0.717) is 12.5 Å². The van der Waals surface area contributed by atoms with Crippen molar-refractivity contribution in [1.82, 2.24) is 10.3 Å². The number of carbonyl (C=O) groups excluding carboxylic acids is 1. The maximum Gasteiger partial charge on any atom is 0.221 e. The van der Waals surface area contributed by atoms with Gasteiger partial charge in [0, 0.05) is 25.4 Å². The van der Waals surface area contributed by atoms with Crippen LogP contribution in [0.1, 0.15) is 32.3 Å². The van der Waals surface area contributed by atoms with Gasteiger partial charge in [0.1, 0.15) is 0 Å². The van der Waals surface area contributed by atoms with Crippen molar-refractivity contribution >= 4 is 5.91 Å². The minimum Gasteiger partial charge on any atom is -0.352 e. The molecule has 1 N–H and O–H groups in total. The van der Waals surface area contributed by atoms with E-state index in [9.17, 15) is 4.79 Å². The smallest absolute Gasteiger partial charge is 0.221 e. The summed E-state index contributed by atoms with van der Waals surface area (Å²) in [6.07, 6.45) is 4.45. The van der Waals surface area contributed by atoms with Crippen molar-refractivity contribution < 1.29 is 4.79 Å². The lowest BCUT2D eigenvalue weighted by atomic mass is 9.95. The van der Waals surface area contributed by atoms with Crippen LogP contribution in [0.25, 0.3) is 0 Å². The van der Waals surface area contributed by atoms with Crippen LogP contribution in [0.5, 0.6) is 0 Å². The zero-order valence-corrected chi connectivity index (χ0v) is 10.9. The van der Waals surface area contributed by atoms with Crippen LogP contribution < -0.4 is 5.32 Å². The molecule has 4 heteroatoms. The summed E-state index contributed by atoms with van der Waals surface area (Å²) in [7, 11) is 0. The number of amides is 1. The highest BCUT2D eigenvalue weighted by molar-refractivity contribution is 5.76. The van der Waals surface area contributed by atoms with Crippen molar-refractivity contribution in [2.24, 2.45) is 11.8 Å². The van der Waals surface area contributed by atoms with E-state index >= 15 is 0 Å². The molecule has 0 saturated heterocycles. The number of nitrogens with one attached hydrogen (secondary N) is 1. The fourth-order valence-electron chi connectivity index (χ4n) is 1.75. The minimum absolute atomic E-state index is 0.0777. The van der Waals surface area contributed by atoms with Gasteiger partial charge < -0.3 is 5.32 Å². The maximum absolute atomic E-state index is 11.7. The van der Waals surface area contributed by atoms with Gasteiger partial charge in [0.05, 0.1) is 12.0 Å². The summed E-state index contributed by atoms with van der Waals surface area (Å²) in [6, 6.07) is 5.93. The Labute approximate surface area is 108 Å². The first-order valence-corrected chi connectivity index (χ1v) is 6.17. The third-order valence-electron chi connectivity index (χ3n) is 2.58. The molecular formula is C14H19N3O. The first-order valence-electron chi connectivity index (χ1n) is 6.17. The molecule has 18 heavy (non-hydrogen) atoms. The third-order valence-corrected chi connectivity index (χ3v) is 2.58. The van der Waals surface area contributed by atoms with E-state index in [0.717, 1.165) is 12.0 Å². The normalized spacial score (nSPS) is 11.9. The average Bonchev–Trinajstić information content (AvgIpc) is 2.36. The molecule has 1 atom stereocenters. The molecule has 0 aliphatic heterocycles. The number of nitrogens with zero attached hydrogens (tertiary/aromatic N) is 2. The third kappa shape index (κ3) is 5.44. The summed E-state index contributed by atoms with van der Waals surface area (Å²) in [5.74, 6) is 0.158. The highest BCUT2D eigenvalue weighted by atomic mass is 16.1. The van der Waals surface area contributed by atoms with Crippen LogP contribution >= 0.6 is 0 Å². The number of rotatable bonds is 6. The first kappa shape index (κ1) is 14.2. The van der Waals surface area contributed by atoms with Crippen LogP contribution in [0.2, 0.25) is 0 Å². The lowest BCUT2D eigenvalue weighted by Gasteiger charge is -2.11. The van der Waals surface area contributed by atoms with Crippen LogP contribution in [0.15, 0.2) is 24.5 Å². The number of pyridine rings is 1. The number of hydrogen-bond acceptors (Lipinski definition) is 3. The second kappa shape index (κ2) is 7.44. The zero-order chi connectivity index (χ0) is 13.4. The van der Waals surface area contributed by atoms with Crippen LogP contribution in [-0.4, -0.2) is 10.9 Å². The molecule has 1 unspecified atom stereocenters. The molecular weight excluding hydrogens is 226 g/mol. The maximum atomic E-state index is 11.7. The van der Waals surface area contributed by atoms with Crippen molar-refractivity contribution in [1.29, 1.82) is 5.26 Å². The highest BCUT2D eigenvalue weighted by Gasteiger charge is 2.14. The predicted molar refractivity (Wildman–Crippen MR) is 69.3 cm³/mol. The average molecular weight is 245 g/mol. The molecule has 0 saturated carbocycles. The number of aromatic nitrogens is 1. The molecule has 1 rings (SSSR count). The monoisotopic (exact) mass is 245 g/mol. The van der Waals surface area contributed by atoms with Crippen LogP contribution in [-0.2, 0) is 11.3 Å². The Morgan fingerprint density at radius 2 is 2.33 bits per heavy atom. The van der Waals surface area contributed by atoms with Crippen molar-refractivity contribution in [2.45, 2.75) is 33.2 Å². The molecule has 0 aliphatic carbocycles. The Kier molecular flexibility index (Phi) is 5.86. The molecule has 0 fully saturated rings. The summed E-state index contributed by atoms with van der Waals surface area (Å²) in [5, 5.41) is 11.8. The van der Waals surface area contributed by atoms with Crippen molar-refractivity contribution in [3.8, 4) is 6.07 Å². The first-order chi connectivity index (χ1) is 8.61. The second-order valence-corrected chi connectivity index (χ2v) is 4.80. The Morgan fingerprint density at radius 1 is 1.56 bits per heavy atom. The Hall–Kier alpha value is -1.89. The molecule has 0 spiro atoms. The lowest BCUT2D eigenvalue weighted by Crippen LogP contribution is -2.25. The van der Waals surface area contributed by atoms with E-state index in [1.165, 1.54) is 0 Å². The molecule has 0 radical (unpaired) electrons. The minimum atomic E-state index is -0.195. The van der Waals surface area contributed by atoms with Gasteiger partial charge in [-0.25, -0.2) is 0 Å². The molecule has 4 nitrogen and oxygen atoms in total. The Bertz CT molecular complexity index is 409. The topological polar surface area (TPSA) is 65.8 Å². The predicted octanol–water partition coefficient (Wildman–Crippen LogP) is 2.27. The summed E-state index contributed by atoms with van der Waals surface area (Å²) in [5.41, 5.74) is 0.961. The molecule has 0 aliphatic rings. The van der Waals surface area contributed by atoms with Crippen LogP contribution in [0, 0.1) is 23.2 Å². The Morgan fingerprint density at radius 3 is 2.89 bits per heavy atom. The summed E-state index contributed by atoms with van der Waals surface area (Å²) >= 11 is 0. The van der Waals surface area contributed by atoms with E-state index in [1.807, 2.05) is 12.1 Å². The zero-order valence-electron chi connectivity index (χ0n) is 10.9. The van der Waals surface area contributed by atoms with Gasteiger partial charge in [-0.15, -0.1) is 0 Å². The van der Waals surface area contributed by atoms with Gasteiger partial charge in [0.15, 0.2) is 0 Å². The van der Waals surface area contributed by atoms with Gasteiger partial charge in [0.25, 0.3) is 0 Å². The molecule has 0 aromatic carbocycles. The van der Waals surface area contributed by atoms with Crippen molar-refractivity contribution in [3.63, 3.8) is 0 Å². The SMILES string of the molecule is CC(C)CC(C#N)CC(=O)NCc1cccnc1. The van der Waals surface area contributed by atoms with Crippen molar-refractivity contribution in [3.05, 3.63) is 30.1 Å². The number of nitriles is 1. The van der Waals surface area contributed by atoms with E-state index in [4.69, 9.17) is 5.26 Å². The standard InChI is InChI=1S/C14H19N3O/c1-11(2)6-13(8-15)7-14(18)17-10-12-4-3-5-16-9-12/h3-5,9,11,13H,6-7,10H2,1-2H3,(H,17,18). The number of carbonyl (C=O) groups is 1. The van der Waals surface area contributed by atoms with Gasteiger partial charge in [-0.05, 0) is 24.0 Å². The molecule has 96 valence electrons. The van der Waals surface area contributed by atoms with Crippen molar-refractivity contribution in [2.75, 3.05) is 0 Å². The van der Waals surface area contributed by atoms with Gasteiger partial charge in [-0.3, -0.25) is 9.78 Å². The summed E-state index contributed by atoms with van der Waals surface area (Å²) in [4.78, 5) is 15.7. The second-order valence-electron chi connectivity index (χ2n) is 4.80. The molecule has 1 aromatic rings. The highest BCUT2D eigenvalue weighted by Crippen LogP contribution is 2.14. The number of hydrogen-bond donors (Lipinski definition) is 1. The molecule has 1 aromatic heterocycles. The van der Waals surface area contributed by atoms with E-state index in [2.05, 4.69) is 30.2 Å². The molecule has 0 bridgehead atoms. The van der Waals surface area contributed by atoms with Gasteiger partial charge >= 0.3 is 0 Å². The van der Waals surface area contributed by atoms with Gasteiger partial charge in [0.2, 0.25) is 5.91 Å². The van der Waals surface area contributed by atoms with Gasteiger partial charge in [-0.2, -0.15) is 5.26 Å². The quantitative estimate of drug-likeness (QED) is 0.836. The molecule has 1 heterocycles. The largest absolute Gasteiger partial charge is 0.352 e. The van der Waals surface area contributed by atoms with E-state index in [-0.39, 0.29) is 18.2 Å². The van der Waals surface area contributed by atoms with E-state index in [1.54, 1.807) is 12.4 Å². The van der Waals surface area contributed by atoms with Gasteiger partial charge in [-0.1, -0.05) is 19.9 Å². The fourth-order valence-corrected chi connectivity index (χ4v) is 1.75.